The van der Waals surface area contributed by atoms with Gasteiger partial charge in [0.2, 0.25) is 0 Å². The number of carbonyl (C=O) groups excluding carboxylic acids is 1. The molecule has 2 aromatic rings. The molecule has 0 aliphatic heterocycles. The Morgan fingerprint density at radius 1 is 1.43 bits per heavy atom. The molecule has 0 bridgehead atoms. The number of ether oxygens (including phenoxy) is 1. The van der Waals surface area contributed by atoms with E-state index in [4.69, 9.17) is 4.74 Å². The number of hydrogen-bond donors (Lipinski definition) is 2. The molecule has 0 saturated heterocycles. The highest BCUT2D eigenvalue weighted by atomic mass is 16.5. The standard InChI is InChI=1S/C15H22N4O2/c1-3-4-6-14(20)21-8-5-7-16-13-9-11(2)18-15-12(13)10-17-19-15/h9-10H,3-8H2,1-2H3,(H2,16,17,18,19). The highest BCUT2D eigenvalue weighted by Crippen LogP contribution is 2.20. The van der Waals surface area contributed by atoms with E-state index in [2.05, 4.69) is 27.4 Å². The molecule has 2 rings (SSSR count). The summed E-state index contributed by atoms with van der Waals surface area (Å²) in [5.74, 6) is -0.103. The molecule has 0 aliphatic carbocycles. The molecule has 0 unspecified atom stereocenters. The number of pyridine rings is 1. The highest BCUT2D eigenvalue weighted by Gasteiger charge is 2.05. The third kappa shape index (κ3) is 4.44. The van der Waals surface area contributed by atoms with E-state index in [0.29, 0.717) is 13.0 Å². The Hall–Kier alpha value is -2.11. The van der Waals surface area contributed by atoms with Gasteiger partial charge in [-0.1, -0.05) is 13.3 Å². The van der Waals surface area contributed by atoms with Crippen LogP contribution in [0.3, 0.4) is 0 Å². The monoisotopic (exact) mass is 290 g/mol. The van der Waals surface area contributed by atoms with Crippen molar-refractivity contribution in [3.05, 3.63) is 18.0 Å². The summed E-state index contributed by atoms with van der Waals surface area (Å²) in [4.78, 5) is 15.7. The third-order valence-electron chi connectivity index (χ3n) is 3.18. The topological polar surface area (TPSA) is 79.9 Å². The van der Waals surface area contributed by atoms with Crippen LogP contribution in [0.5, 0.6) is 0 Å². The lowest BCUT2D eigenvalue weighted by atomic mass is 10.2. The average Bonchev–Trinajstić information content (AvgIpc) is 2.92. The molecule has 0 saturated carbocycles. The number of nitrogens with one attached hydrogen (secondary N) is 2. The van der Waals surface area contributed by atoms with Crippen molar-refractivity contribution in [2.24, 2.45) is 0 Å². The molecule has 0 atom stereocenters. The van der Waals surface area contributed by atoms with Crippen molar-refractivity contribution in [3.8, 4) is 0 Å². The largest absolute Gasteiger partial charge is 0.466 e. The maximum atomic E-state index is 11.4. The first-order valence-electron chi connectivity index (χ1n) is 7.41. The first-order valence-corrected chi connectivity index (χ1v) is 7.41. The van der Waals surface area contributed by atoms with E-state index in [1.807, 2.05) is 13.0 Å². The molecule has 0 fully saturated rings. The fourth-order valence-corrected chi connectivity index (χ4v) is 2.08. The minimum absolute atomic E-state index is 0.103. The fraction of sp³-hybridized carbons (Fsp3) is 0.533. The van der Waals surface area contributed by atoms with Crippen LogP contribution in [0, 0.1) is 6.92 Å². The Balaban J connectivity index is 1.75. The Bertz CT molecular complexity index is 594. The van der Waals surface area contributed by atoms with Gasteiger partial charge in [-0.2, -0.15) is 5.10 Å². The summed E-state index contributed by atoms with van der Waals surface area (Å²) >= 11 is 0. The molecule has 6 heteroatoms. The van der Waals surface area contributed by atoms with E-state index >= 15 is 0 Å². The van der Waals surface area contributed by atoms with Crippen molar-refractivity contribution in [1.82, 2.24) is 15.2 Å². The molecule has 21 heavy (non-hydrogen) atoms. The molecular formula is C15H22N4O2. The lowest BCUT2D eigenvalue weighted by Crippen LogP contribution is -2.10. The second-order valence-electron chi connectivity index (χ2n) is 5.05. The number of rotatable bonds is 8. The average molecular weight is 290 g/mol. The molecule has 6 nitrogen and oxygen atoms in total. The van der Waals surface area contributed by atoms with Crippen LogP contribution in [-0.4, -0.2) is 34.3 Å². The number of aromatic amines is 1. The highest BCUT2D eigenvalue weighted by molar-refractivity contribution is 5.88. The van der Waals surface area contributed by atoms with Gasteiger partial charge in [0.15, 0.2) is 5.65 Å². The van der Waals surface area contributed by atoms with Gasteiger partial charge in [-0.15, -0.1) is 0 Å². The van der Waals surface area contributed by atoms with E-state index in [9.17, 15) is 4.79 Å². The Labute approximate surface area is 124 Å². The summed E-state index contributed by atoms with van der Waals surface area (Å²) < 4.78 is 5.17. The zero-order chi connectivity index (χ0) is 15.1. The van der Waals surface area contributed by atoms with Gasteiger partial charge in [0.05, 0.1) is 18.2 Å². The zero-order valence-electron chi connectivity index (χ0n) is 12.6. The van der Waals surface area contributed by atoms with E-state index in [1.54, 1.807) is 6.20 Å². The first-order chi connectivity index (χ1) is 10.2. The van der Waals surface area contributed by atoms with Crippen molar-refractivity contribution < 1.29 is 9.53 Å². The Morgan fingerprint density at radius 2 is 2.29 bits per heavy atom. The predicted molar refractivity (Wildman–Crippen MR) is 82.2 cm³/mol. The SMILES string of the molecule is CCCCC(=O)OCCCNc1cc(C)nc2[nH]ncc12. The van der Waals surface area contributed by atoms with Gasteiger partial charge >= 0.3 is 5.97 Å². The van der Waals surface area contributed by atoms with Crippen molar-refractivity contribution >= 4 is 22.7 Å². The van der Waals surface area contributed by atoms with Crippen molar-refractivity contribution in [2.75, 3.05) is 18.5 Å². The minimum Gasteiger partial charge on any atom is -0.466 e. The Kier molecular flexibility index (Phi) is 5.54. The Morgan fingerprint density at radius 3 is 3.10 bits per heavy atom. The van der Waals surface area contributed by atoms with E-state index < -0.39 is 0 Å². The van der Waals surface area contributed by atoms with Crippen LogP contribution in [0.1, 0.15) is 38.3 Å². The van der Waals surface area contributed by atoms with Gasteiger partial charge in [0, 0.05) is 24.3 Å². The molecule has 114 valence electrons. The van der Waals surface area contributed by atoms with Gasteiger partial charge in [-0.05, 0) is 25.8 Å². The molecule has 0 aliphatic rings. The summed E-state index contributed by atoms with van der Waals surface area (Å²) in [6.07, 6.45) is 4.96. The predicted octanol–water partition coefficient (Wildman–Crippen LogP) is 2.80. The zero-order valence-corrected chi connectivity index (χ0v) is 12.6. The second kappa shape index (κ2) is 7.61. The summed E-state index contributed by atoms with van der Waals surface area (Å²) in [7, 11) is 0. The van der Waals surface area contributed by atoms with Gasteiger partial charge in [0.25, 0.3) is 0 Å². The molecule has 2 heterocycles. The number of fused-ring (bicyclic) bond motifs is 1. The van der Waals surface area contributed by atoms with Crippen LogP contribution in [0.25, 0.3) is 11.0 Å². The smallest absolute Gasteiger partial charge is 0.305 e. The third-order valence-corrected chi connectivity index (χ3v) is 3.18. The van der Waals surface area contributed by atoms with Crippen LogP contribution in [0.15, 0.2) is 12.3 Å². The maximum Gasteiger partial charge on any atom is 0.305 e. The number of H-pyrrole nitrogens is 1. The summed E-state index contributed by atoms with van der Waals surface area (Å²) in [5.41, 5.74) is 2.72. The number of esters is 1. The number of unbranched alkanes of at least 4 members (excludes halogenated alkanes) is 1. The first kappa shape index (κ1) is 15.3. The number of carbonyl (C=O) groups is 1. The number of nitrogens with zero attached hydrogens (tertiary/aromatic N) is 2. The van der Waals surface area contributed by atoms with Crippen LogP contribution in [-0.2, 0) is 9.53 Å². The second-order valence-corrected chi connectivity index (χ2v) is 5.05. The van der Waals surface area contributed by atoms with Gasteiger partial charge < -0.3 is 10.1 Å². The summed E-state index contributed by atoms with van der Waals surface area (Å²) in [6.45, 7) is 5.20. The number of aryl methyl sites for hydroxylation is 1. The van der Waals surface area contributed by atoms with E-state index in [0.717, 1.165) is 48.2 Å². The maximum absolute atomic E-state index is 11.4. The fourth-order valence-electron chi connectivity index (χ4n) is 2.08. The summed E-state index contributed by atoms with van der Waals surface area (Å²) in [6, 6.07) is 1.99. The van der Waals surface area contributed by atoms with Gasteiger partial charge in [-0.25, -0.2) is 4.98 Å². The number of aromatic nitrogens is 3. The minimum atomic E-state index is -0.103. The number of hydrogen-bond acceptors (Lipinski definition) is 5. The quantitative estimate of drug-likeness (QED) is 0.577. The number of anilines is 1. The lowest BCUT2D eigenvalue weighted by molar-refractivity contribution is -0.143. The molecule has 0 spiro atoms. The molecule has 0 amide bonds. The van der Waals surface area contributed by atoms with E-state index in [-0.39, 0.29) is 5.97 Å². The van der Waals surface area contributed by atoms with Crippen LogP contribution < -0.4 is 5.32 Å². The van der Waals surface area contributed by atoms with E-state index in [1.165, 1.54) is 0 Å². The molecule has 0 radical (unpaired) electrons. The van der Waals surface area contributed by atoms with Crippen molar-refractivity contribution in [1.29, 1.82) is 0 Å². The normalized spacial score (nSPS) is 10.8. The molecule has 0 aromatic carbocycles. The molecule has 2 aromatic heterocycles. The molecule has 2 N–H and O–H groups in total. The van der Waals surface area contributed by atoms with Crippen LogP contribution >= 0.6 is 0 Å². The van der Waals surface area contributed by atoms with Crippen LogP contribution in [0.4, 0.5) is 5.69 Å². The van der Waals surface area contributed by atoms with Crippen LogP contribution in [0.2, 0.25) is 0 Å². The molecular weight excluding hydrogens is 268 g/mol. The van der Waals surface area contributed by atoms with Crippen molar-refractivity contribution in [2.45, 2.75) is 39.5 Å². The summed E-state index contributed by atoms with van der Waals surface area (Å²) in [5, 5.41) is 11.2. The van der Waals surface area contributed by atoms with Gasteiger partial charge in [-0.3, -0.25) is 9.89 Å². The van der Waals surface area contributed by atoms with Gasteiger partial charge in [0.1, 0.15) is 0 Å². The lowest BCUT2D eigenvalue weighted by Gasteiger charge is -2.09. The van der Waals surface area contributed by atoms with Crippen molar-refractivity contribution in [3.63, 3.8) is 0 Å².